The molecule has 0 atom stereocenters. The lowest BCUT2D eigenvalue weighted by Gasteiger charge is -2.24. The number of aryl methyl sites for hydroxylation is 1. The van der Waals surface area contributed by atoms with Crippen molar-refractivity contribution < 1.29 is 28.6 Å². The number of ether oxygens (including phenoxy) is 3. The molecule has 3 amide bonds. The first-order chi connectivity index (χ1) is 15.0. The van der Waals surface area contributed by atoms with Gasteiger partial charge in [0.05, 0.1) is 13.7 Å². The molecule has 0 aliphatic carbocycles. The molecule has 1 aromatic carbocycles. The molecule has 0 unspecified atom stereocenters. The molecule has 0 N–H and O–H groups in total. The summed E-state index contributed by atoms with van der Waals surface area (Å²) in [6.45, 7) is 8.29. The fourth-order valence-electron chi connectivity index (χ4n) is 2.98. The highest BCUT2D eigenvalue weighted by Crippen LogP contribution is 2.33. The van der Waals surface area contributed by atoms with Crippen LogP contribution in [0, 0.1) is 6.92 Å². The summed E-state index contributed by atoms with van der Waals surface area (Å²) in [4.78, 5) is 38.9. The lowest BCUT2D eigenvalue weighted by atomic mass is 10.1. The largest absolute Gasteiger partial charge is 0.493 e. The van der Waals surface area contributed by atoms with E-state index in [0.29, 0.717) is 31.0 Å². The summed E-state index contributed by atoms with van der Waals surface area (Å²) in [5.41, 5.74) is 0.994. The molecule has 8 nitrogen and oxygen atoms in total. The van der Waals surface area contributed by atoms with E-state index in [1.54, 1.807) is 25.3 Å². The quantitative estimate of drug-likeness (QED) is 0.598. The Hall–Kier alpha value is -3.29. The molecule has 2 rings (SSSR count). The van der Waals surface area contributed by atoms with Gasteiger partial charge >= 0.3 is 6.09 Å². The van der Waals surface area contributed by atoms with Gasteiger partial charge in [-0.15, -0.1) is 0 Å². The zero-order valence-corrected chi connectivity index (χ0v) is 19.6. The molecule has 1 heterocycles. The van der Waals surface area contributed by atoms with Crippen LogP contribution in [0.25, 0.3) is 6.08 Å². The van der Waals surface area contributed by atoms with Crippen molar-refractivity contribution in [1.82, 2.24) is 9.80 Å². The van der Waals surface area contributed by atoms with Crippen molar-refractivity contribution in [3.8, 4) is 11.5 Å². The highest BCUT2D eigenvalue weighted by atomic mass is 16.6. The number of imide groups is 1. The van der Waals surface area contributed by atoms with Crippen LogP contribution in [-0.4, -0.2) is 67.2 Å². The van der Waals surface area contributed by atoms with Crippen LogP contribution < -0.4 is 9.47 Å². The molecular weight excluding hydrogens is 412 g/mol. The van der Waals surface area contributed by atoms with Crippen LogP contribution in [0.15, 0.2) is 30.4 Å². The minimum absolute atomic E-state index is 0.255. The van der Waals surface area contributed by atoms with Gasteiger partial charge in [-0.2, -0.15) is 0 Å². The van der Waals surface area contributed by atoms with E-state index >= 15 is 0 Å². The third-order valence-corrected chi connectivity index (χ3v) is 4.59. The summed E-state index contributed by atoms with van der Waals surface area (Å²) in [5.74, 6) is 0.403. The van der Waals surface area contributed by atoms with Crippen LogP contribution in [0.5, 0.6) is 11.5 Å². The summed E-state index contributed by atoms with van der Waals surface area (Å²) in [7, 11) is 3.18. The Labute approximate surface area is 189 Å². The summed E-state index contributed by atoms with van der Waals surface area (Å²) >= 11 is 0. The smallest absolute Gasteiger partial charge is 0.410 e. The first-order valence-electron chi connectivity index (χ1n) is 10.5. The third-order valence-electron chi connectivity index (χ3n) is 4.59. The van der Waals surface area contributed by atoms with E-state index in [-0.39, 0.29) is 18.4 Å². The Kier molecular flexibility index (Phi) is 8.46. The number of hydrogen-bond acceptors (Lipinski definition) is 6. The summed E-state index contributed by atoms with van der Waals surface area (Å²) in [5, 5.41) is 0. The van der Waals surface area contributed by atoms with E-state index in [1.807, 2.05) is 33.8 Å². The molecule has 0 saturated carbocycles. The Bertz CT molecular complexity index is 914. The lowest BCUT2D eigenvalue weighted by molar-refractivity contribution is -0.139. The van der Waals surface area contributed by atoms with Crippen molar-refractivity contribution in [3.63, 3.8) is 0 Å². The Balaban J connectivity index is 2.02. The second-order valence-corrected chi connectivity index (χ2v) is 8.47. The van der Waals surface area contributed by atoms with Crippen molar-refractivity contribution >= 4 is 24.0 Å². The first-order valence-corrected chi connectivity index (χ1v) is 10.5. The van der Waals surface area contributed by atoms with Gasteiger partial charge in [0.25, 0.3) is 11.8 Å². The van der Waals surface area contributed by atoms with Crippen LogP contribution in [0.4, 0.5) is 4.79 Å². The number of hydrogen-bond donors (Lipinski definition) is 0. The molecule has 0 fully saturated rings. The molecule has 32 heavy (non-hydrogen) atoms. The molecule has 1 aromatic rings. The van der Waals surface area contributed by atoms with Gasteiger partial charge < -0.3 is 19.1 Å². The van der Waals surface area contributed by atoms with Gasteiger partial charge in [0, 0.05) is 19.7 Å². The van der Waals surface area contributed by atoms with E-state index in [0.717, 1.165) is 11.1 Å². The van der Waals surface area contributed by atoms with Crippen molar-refractivity contribution in [3.05, 3.63) is 41.5 Å². The van der Waals surface area contributed by atoms with Crippen molar-refractivity contribution in [1.29, 1.82) is 0 Å². The maximum atomic E-state index is 12.3. The number of nitrogens with zero attached hydrogens (tertiary/aromatic N) is 2. The molecule has 0 radical (unpaired) electrons. The van der Waals surface area contributed by atoms with Gasteiger partial charge in [-0.05, 0) is 69.5 Å². The van der Waals surface area contributed by atoms with Gasteiger partial charge in [0.1, 0.15) is 12.2 Å². The predicted molar refractivity (Wildman–Crippen MR) is 122 cm³/mol. The SMILES string of the molecule is COc1cc(/C=C/C(=O)N2CCC=CC2=O)cc(C)c1OCCN(C)C(=O)OC(C)(C)C. The fraction of sp³-hybridized carbons (Fsp3) is 0.458. The minimum atomic E-state index is -0.561. The maximum Gasteiger partial charge on any atom is 0.410 e. The molecule has 1 aliphatic heterocycles. The predicted octanol–water partition coefficient (Wildman–Crippen LogP) is 3.58. The monoisotopic (exact) mass is 444 g/mol. The zero-order chi connectivity index (χ0) is 23.9. The standard InChI is InChI=1S/C24H32N2O6/c1-17-15-18(10-11-21(28)26-12-8-7-9-20(26)27)16-19(30-6)22(17)31-14-13-25(5)23(29)32-24(2,3)4/h7,9-11,15-16H,8,12-14H2,1-6H3/b11-10+. The normalized spacial score (nSPS) is 13.9. The summed E-state index contributed by atoms with van der Waals surface area (Å²) < 4.78 is 16.7. The lowest BCUT2D eigenvalue weighted by Crippen LogP contribution is -2.37. The average molecular weight is 445 g/mol. The number of methoxy groups -OCH3 is 1. The second kappa shape index (κ2) is 10.8. The van der Waals surface area contributed by atoms with Gasteiger partial charge in [-0.3, -0.25) is 14.5 Å². The van der Waals surface area contributed by atoms with Crippen LogP contribution in [0.3, 0.4) is 0 Å². The Morgan fingerprint density at radius 2 is 1.97 bits per heavy atom. The maximum absolute atomic E-state index is 12.3. The number of carbonyl (C=O) groups is 3. The van der Waals surface area contributed by atoms with Gasteiger partial charge in [0.2, 0.25) is 0 Å². The third kappa shape index (κ3) is 7.14. The second-order valence-electron chi connectivity index (χ2n) is 8.47. The van der Waals surface area contributed by atoms with Crippen molar-refractivity contribution in [2.24, 2.45) is 0 Å². The highest BCUT2D eigenvalue weighted by molar-refractivity contribution is 6.06. The minimum Gasteiger partial charge on any atom is -0.493 e. The van der Waals surface area contributed by atoms with E-state index in [1.165, 1.54) is 29.1 Å². The van der Waals surface area contributed by atoms with Crippen molar-refractivity contribution in [2.75, 3.05) is 33.9 Å². The summed E-state index contributed by atoms with van der Waals surface area (Å²) in [6, 6.07) is 3.61. The van der Waals surface area contributed by atoms with Gasteiger partial charge in [-0.25, -0.2) is 4.79 Å². The van der Waals surface area contributed by atoms with Crippen LogP contribution in [0.1, 0.15) is 38.3 Å². The average Bonchev–Trinajstić information content (AvgIpc) is 2.72. The van der Waals surface area contributed by atoms with E-state index in [4.69, 9.17) is 14.2 Å². The zero-order valence-electron chi connectivity index (χ0n) is 19.6. The molecular formula is C24H32N2O6. The fourth-order valence-corrected chi connectivity index (χ4v) is 2.98. The van der Waals surface area contributed by atoms with Gasteiger partial charge in [-0.1, -0.05) is 6.08 Å². The number of rotatable bonds is 7. The van der Waals surface area contributed by atoms with Crippen molar-refractivity contribution in [2.45, 2.75) is 39.7 Å². The first kappa shape index (κ1) is 25.0. The van der Waals surface area contributed by atoms with E-state index in [9.17, 15) is 14.4 Å². The Morgan fingerprint density at radius 3 is 2.59 bits per heavy atom. The summed E-state index contributed by atoms with van der Waals surface area (Å²) in [6.07, 6.45) is 6.43. The molecule has 0 aromatic heterocycles. The van der Waals surface area contributed by atoms with Crippen LogP contribution >= 0.6 is 0 Å². The Morgan fingerprint density at radius 1 is 1.25 bits per heavy atom. The molecule has 1 aliphatic rings. The number of benzene rings is 1. The number of carbonyl (C=O) groups excluding carboxylic acids is 3. The topological polar surface area (TPSA) is 85.4 Å². The van der Waals surface area contributed by atoms with Crippen LogP contribution in [-0.2, 0) is 14.3 Å². The molecule has 0 bridgehead atoms. The molecule has 0 spiro atoms. The molecule has 0 saturated heterocycles. The molecule has 174 valence electrons. The van der Waals surface area contributed by atoms with Gasteiger partial charge in [0.15, 0.2) is 11.5 Å². The number of amides is 3. The number of likely N-dealkylation sites (N-methyl/N-ethyl adjacent to an activating group) is 1. The highest BCUT2D eigenvalue weighted by Gasteiger charge is 2.20. The molecule has 8 heteroatoms. The van der Waals surface area contributed by atoms with Crippen LogP contribution in [0.2, 0.25) is 0 Å². The van der Waals surface area contributed by atoms with E-state index < -0.39 is 11.7 Å². The van der Waals surface area contributed by atoms with E-state index in [2.05, 4.69) is 0 Å².